The molecule has 8 heteroatoms. The van der Waals surface area contributed by atoms with Crippen molar-refractivity contribution in [2.24, 2.45) is 17.1 Å². The quantitative estimate of drug-likeness (QED) is 0.662. The second-order valence-electron chi connectivity index (χ2n) is 10.7. The largest absolute Gasteiger partial charge is 0.371 e. The highest BCUT2D eigenvalue weighted by Gasteiger charge is 2.44. The lowest BCUT2D eigenvalue weighted by atomic mass is 9.60. The third-order valence-corrected chi connectivity index (χ3v) is 8.27. The number of carbonyl (C=O) groups is 2. The van der Waals surface area contributed by atoms with E-state index >= 15 is 0 Å². The molecule has 0 aromatic heterocycles. The van der Waals surface area contributed by atoms with E-state index in [-0.39, 0.29) is 17.5 Å². The second-order valence-corrected chi connectivity index (χ2v) is 10.7. The minimum atomic E-state index is -0.446. The number of hydrogen-bond acceptors (Lipinski definition) is 6. The molecule has 180 valence electrons. The molecule has 4 fully saturated rings. The number of halogens is 1. The van der Waals surface area contributed by atoms with Gasteiger partial charge in [0.1, 0.15) is 5.82 Å². The number of nitrogens with two attached hydrogens (primary N) is 1. The first-order chi connectivity index (χ1) is 15.9. The van der Waals surface area contributed by atoms with Gasteiger partial charge in [0.15, 0.2) is 0 Å². The molecule has 3 N–H and O–H groups in total. The summed E-state index contributed by atoms with van der Waals surface area (Å²) in [5.74, 6) is -0.367. The number of nitrogens with one attached hydrogen (secondary N) is 1. The van der Waals surface area contributed by atoms with Crippen molar-refractivity contribution in [1.29, 1.82) is 0 Å². The van der Waals surface area contributed by atoms with Gasteiger partial charge in [-0.15, -0.1) is 0 Å². The van der Waals surface area contributed by atoms with E-state index < -0.39 is 5.82 Å². The average molecular weight is 458 g/mol. The van der Waals surface area contributed by atoms with E-state index in [0.717, 1.165) is 36.6 Å². The van der Waals surface area contributed by atoms with Crippen LogP contribution >= 0.6 is 0 Å². The standard InChI is InChI=1S/C25H36FN5O2/c26-21-14-20(4-5-22(21)28-31-23(32)2-1-3-24(31)33)30-10-6-18(7-11-30)17-29-12-8-25(9-13-29)15-19(27)16-25/h4-5,14,18-19,28H,1-3,6-13,15-17,27H2. The molecule has 1 aliphatic carbocycles. The number of imide groups is 1. The first-order valence-electron chi connectivity index (χ1n) is 12.6. The van der Waals surface area contributed by atoms with Gasteiger partial charge in [-0.2, -0.15) is 5.01 Å². The van der Waals surface area contributed by atoms with Crippen LogP contribution in [0.25, 0.3) is 0 Å². The third-order valence-electron chi connectivity index (χ3n) is 8.27. The second kappa shape index (κ2) is 9.22. The smallest absolute Gasteiger partial charge is 0.248 e. The number of anilines is 2. The molecule has 4 aliphatic rings. The molecule has 0 unspecified atom stereocenters. The highest BCUT2D eigenvalue weighted by Crippen LogP contribution is 2.48. The molecule has 1 spiro atoms. The van der Waals surface area contributed by atoms with Gasteiger partial charge in [0.05, 0.1) is 5.69 Å². The number of hydrazine groups is 1. The minimum absolute atomic E-state index is 0.160. The fourth-order valence-corrected chi connectivity index (χ4v) is 6.20. The Kier molecular flexibility index (Phi) is 6.31. The number of nitrogens with zero attached hydrogens (tertiary/aromatic N) is 3. The Morgan fingerprint density at radius 1 is 1.03 bits per heavy atom. The van der Waals surface area contributed by atoms with Crippen molar-refractivity contribution in [2.75, 3.05) is 43.0 Å². The van der Waals surface area contributed by atoms with Gasteiger partial charge in [-0.3, -0.25) is 15.0 Å². The SMILES string of the molecule is NC1CC2(CCN(CC3CCN(c4ccc(NN5C(=O)CCCC5=O)c(F)c4)CC3)CC2)C1. The summed E-state index contributed by atoms with van der Waals surface area (Å²) in [6.45, 7) is 5.42. The normalized spacial score (nSPS) is 24.9. The number of rotatable bonds is 5. The molecule has 0 bridgehead atoms. The number of likely N-dealkylation sites (tertiary alicyclic amines) is 1. The zero-order valence-electron chi connectivity index (χ0n) is 19.4. The van der Waals surface area contributed by atoms with Crippen molar-refractivity contribution < 1.29 is 14.0 Å². The fourth-order valence-electron chi connectivity index (χ4n) is 6.20. The highest BCUT2D eigenvalue weighted by molar-refractivity contribution is 5.98. The van der Waals surface area contributed by atoms with E-state index in [9.17, 15) is 14.0 Å². The van der Waals surface area contributed by atoms with E-state index in [2.05, 4.69) is 15.2 Å². The number of hydrogen-bond donors (Lipinski definition) is 2. The van der Waals surface area contributed by atoms with Gasteiger partial charge >= 0.3 is 0 Å². The first-order valence-corrected chi connectivity index (χ1v) is 12.6. The summed E-state index contributed by atoms with van der Waals surface area (Å²) in [6.07, 6.45) is 8.43. The Balaban J connectivity index is 1.10. The predicted octanol–water partition coefficient (Wildman–Crippen LogP) is 3.11. The highest BCUT2D eigenvalue weighted by atomic mass is 19.1. The van der Waals surface area contributed by atoms with E-state index in [1.165, 1.54) is 51.4 Å². The minimum Gasteiger partial charge on any atom is -0.371 e. The number of benzene rings is 1. The summed E-state index contributed by atoms with van der Waals surface area (Å²) in [7, 11) is 0. The molecule has 3 heterocycles. The van der Waals surface area contributed by atoms with Gasteiger partial charge in [-0.1, -0.05) is 0 Å². The first kappa shape index (κ1) is 22.6. The lowest BCUT2D eigenvalue weighted by Crippen LogP contribution is -2.52. The monoisotopic (exact) mass is 457 g/mol. The molecule has 1 aromatic carbocycles. The van der Waals surface area contributed by atoms with Crippen LogP contribution in [0.1, 0.15) is 57.8 Å². The lowest BCUT2D eigenvalue weighted by Gasteiger charge is -2.51. The molecule has 3 aliphatic heterocycles. The van der Waals surface area contributed by atoms with Gasteiger partial charge in [-0.25, -0.2) is 4.39 Å². The summed E-state index contributed by atoms with van der Waals surface area (Å²) < 4.78 is 14.8. The van der Waals surface area contributed by atoms with E-state index in [4.69, 9.17) is 5.73 Å². The van der Waals surface area contributed by atoms with Crippen molar-refractivity contribution in [3.63, 3.8) is 0 Å². The van der Waals surface area contributed by atoms with Gasteiger partial charge < -0.3 is 15.5 Å². The van der Waals surface area contributed by atoms with Crippen molar-refractivity contribution >= 4 is 23.2 Å². The van der Waals surface area contributed by atoms with E-state index in [0.29, 0.717) is 36.6 Å². The Morgan fingerprint density at radius 2 is 1.70 bits per heavy atom. The van der Waals surface area contributed by atoms with Crippen LogP contribution in [0.15, 0.2) is 18.2 Å². The molecule has 33 heavy (non-hydrogen) atoms. The van der Waals surface area contributed by atoms with Crippen LogP contribution in [-0.4, -0.2) is 60.5 Å². The zero-order chi connectivity index (χ0) is 23.0. The maximum absolute atomic E-state index is 14.8. The van der Waals surface area contributed by atoms with Gasteiger partial charge in [0.2, 0.25) is 11.8 Å². The summed E-state index contributed by atoms with van der Waals surface area (Å²) in [4.78, 5) is 28.8. The van der Waals surface area contributed by atoms with Crippen molar-refractivity contribution in [1.82, 2.24) is 9.91 Å². The lowest BCUT2D eigenvalue weighted by molar-refractivity contribution is -0.146. The zero-order valence-corrected chi connectivity index (χ0v) is 19.4. The molecular weight excluding hydrogens is 421 g/mol. The van der Waals surface area contributed by atoms with Gasteiger partial charge in [0, 0.05) is 44.2 Å². The van der Waals surface area contributed by atoms with Crippen LogP contribution in [0.3, 0.4) is 0 Å². The number of carbonyl (C=O) groups excluding carboxylic acids is 2. The number of amides is 2. The van der Waals surface area contributed by atoms with Crippen LogP contribution in [0.2, 0.25) is 0 Å². The summed E-state index contributed by atoms with van der Waals surface area (Å²) in [5, 5.41) is 0.953. The Morgan fingerprint density at radius 3 is 2.30 bits per heavy atom. The average Bonchev–Trinajstić information content (AvgIpc) is 2.78. The van der Waals surface area contributed by atoms with Crippen LogP contribution in [0.4, 0.5) is 15.8 Å². The molecule has 3 saturated heterocycles. The number of piperidine rings is 3. The predicted molar refractivity (Wildman–Crippen MR) is 126 cm³/mol. The molecule has 1 aromatic rings. The fraction of sp³-hybridized carbons (Fsp3) is 0.680. The summed E-state index contributed by atoms with van der Waals surface area (Å²) in [6, 6.07) is 5.44. The van der Waals surface area contributed by atoms with Crippen LogP contribution in [0.5, 0.6) is 0 Å². The van der Waals surface area contributed by atoms with Crippen LogP contribution < -0.4 is 16.1 Å². The molecular formula is C25H36FN5O2. The molecule has 5 rings (SSSR count). The molecule has 7 nitrogen and oxygen atoms in total. The van der Waals surface area contributed by atoms with Crippen LogP contribution in [-0.2, 0) is 9.59 Å². The Hall–Kier alpha value is -2.19. The topological polar surface area (TPSA) is 81.9 Å². The summed E-state index contributed by atoms with van der Waals surface area (Å²) >= 11 is 0. The Labute approximate surface area is 195 Å². The maximum atomic E-state index is 14.8. The van der Waals surface area contributed by atoms with Crippen molar-refractivity contribution in [3.05, 3.63) is 24.0 Å². The van der Waals surface area contributed by atoms with Crippen LogP contribution in [0, 0.1) is 17.2 Å². The third kappa shape index (κ3) is 4.87. The molecule has 0 radical (unpaired) electrons. The van der Waals surface area contributed by atoms with Crippen molar-refractivity contribution in [3.8, 4) is 0 Å². The van der Waals surface area contributed by atoms with Gasteiger partial charge in [-0.05, 0) is 87.6 Å². The van der Waals surface area contributed by atoms with Gasteiger partial charge in [0.25, 0.3) is 0 Å². The molecule has 2 amide bonds. The maximum Gasteiger partial charge on any atom is 0.248 e. The molecule has 1 saturated carbocycles. The van der Waals surface area contributed by atoms with Crippen molar-refractivity contribution in [2.45, 2.75) is 63.8 Å². The van der Waals surface area contributed by atoms with E-state index in [1.54, 1.807) is 6.07 Å². The Bertz CT molecular complexity index is 869. The summed E-state index contributed by atoms with van der Waals surface area (Å²) in [5.41, 5.74) is 10.3. The van der Waals surface area contributed by atoms with E-state index in [1.807, 2.05) is 6.07 Å². The molecule has 0 atom stereocenters.